The van der Waals surface area contributed by atoms with E-state index in [4.69, 9.17) is 18.9 Å². The monoisotopic (exact) mass is 468 g/mol. The van der Waals surface area contributed by atoms with Crippen LogP contribution in [-0.2, 0) is 23.4 Å². The van der Waals surface area contributed by atoms with Gasteiger partial charge >= 0.3 is 0 Å². The van der Waals surface area contributed by atoms with Gasteiger partial charge < -0.3 is 18.9 Å². The fourth-order valence-electron chi connectivity index (χ4n) is 4.29. The molecule has 4 aromatic carbocycles. The molecule has 0 amide bonds. The lowest BCUT2D eigenvalue weighted by atomic mass is 9.80. The largest absolute Gasteiger partial charge is 0.497 e. The van der Waals surface area contributed by atoms with E-state index in [0.717, 1.165) is 45.9 Å². The van der Waals surface area contributed by atoms with Crippen LogP contribution in [0.15, 0.2) is 97.1 Å². The van der Waals surface area contributed by atoms with E-state index in [-0.39, 0.29) is 0 Å². The minimum atomic E-state index is -0.867. The minimum absolute atomic E-state index is 0.439. The first kappa shape index (κ1) is 24.4. The van der Waals surface area contributed by atoms with Crippen molar-refractivity contribution in [2.45, 2.75) is 25.6 Å². The summed E-state index contributed by atoms with van der Waals surface area (Å²) in [7, 11) is 5.02. The van der Waals surface area contributed by atoms with Crippen molar-refractivity contribution in [3.05, 3.63) is 125 Å². The fourth-order valence-corrected chi connectivity index (χ4v) is 4.29. The van der Waals surface area contributed by atoms with Gasteiger partial charge in [-0.05, 0) is 70.6 Å². The predicted molar refractivity (Wildman–Crippen MR) is 139 cm³/mol. The SMILES string of the molecule is CCc1ccc(COC(c2ccc(OC)cc2)(c2ccc(OC)cc2)c2ccc(OC)cc2)cc1. The molecule has 0 radical (unpaired) electrons. The molecule has 0 atom stereocenters. The standard InChI is InChI=1S/C31H32O4/c1-5-23-6-8-24(9-7-23)22-35-31(25-10-16-28(32-2)17-11-25,26-12-18-29(33-3)19-13-26)27-14-20-30(34-4)21-15-27/h6-21H,5,22H2,1-4H3. The molecular weight excluding hydrogens is 436 g/mol. The highest BCUT2D eigenvalue weighted by molar-refractivity contribution is 5.50. The first-order valence-electron chi connectivity index (χ1n) is 11.8. The van der Waals surface area contributed by atoms with Gasteiger partial charge in [0.15, 0.2) is 0 Å². The summed E-state index contributed by atoms with van der Waals surface area (Å²) < 4.78 is 23.2. The molecule has 0 N–H and O–H groups in total. The summed E-state index contributed by atoms with van der Waals surface area (Å²) in [6.45, 7) is 2.60. The van der Waals surface area contributed by atoms with Crippen molar-refractivity contribution in [1.29, 1.82) is 0 Å². The molecule has 0 saturated heterocycles. The molecule has 0 bridgehead atoms. The maximum atomic E-state index is 6.95. The summed E-state index contributed by atoms with van der Waals surface area (Å²) >= 11 is 0. The van der Waals surface area contributed by atoms with Gasteiger partial charge in [0, 0.05) is 0 Å². The van der Waals surface area contributed by atoms with Crippen LogP contribution in [0, 0.1) is 0 Å². The zero-order valence-electron chi connectivity index (χ0n) is 20.8. The Balaban J connectivity index is 1.87. The number of benzene rings is 4. The van der Waals surface area contributed by atoms with Crippen molar-refractivity contribution in [2.24, 2.45) is 0 Å². The molecule has 0 saturated carbocycles. The van der Waals surface area contributed by atoms with E-state index in [1.165, 1.54) is 5.56 Å². The average Bonchev–Trinajstić information content (AvgIpc) is 2.94. The van der Waals surface area contributed by atoms with Crippen LogP contribution in [0.5, 0.6) is 17.2 Å². The summed E-state index contributed by atoms with van der Waals surface area (Å²) in [5.41, 5.74) is 4.55. The van der Waals surface area contributed by atoms with Gasteiger partial charge in [-0.1, -0.05) is 67.6 Å². The Labute approximate surface area is 208 Å². The zero-order valence-corrected chi connectivity index (χ0v) is 20.8. The molecule has 0 spiro atoms. The van der Waals surface area contributed by atoms with Gasteiger partial charge in [0.05, 0.1) is 27.9 Å². The maximum Gasteiger partial charge on any atom is 0.144 e. The molecule has 4 aromatic rings. The molecule has 4 nitrogen and oxygen atoms in total. The van der Waals surface area contributed by atoms with Crippen molar-refractivity contribution >= 4 is 0 Å². The lowest BCUT2D eigenvalue weighted by molar-refractivity contribution is 0.000165. The number of ether oxygens (including phenoxy) is 4. The first-order valence-corrected chi connectivity index (χ1v) is 11.8. The molecule has 4 rings (SSSR count). The number of rotatable bonds is 10. The van der Waals surface area contributed by atoms with Gasteiger partial charge in [0.25, 0.3) is 0 Å². The molecule has 0 aliphatic carbocycles. The summed E-state index contributed by atoms with van der Waals surface area (Å²) in [5, 5.41) is 0. The normalized spacial score (nSPS) is 11.2. The first-order chi connectivity index (χ1) is 17.1. The van der Waals surface area contributed by atoms with Crippen molar-refractivity contribution in [3.63, 3.8) is 0 Å². The highest BCUT2D eigenvalue weighted by Crippen LogP contribution is 2.42. The van der Waals surface area contributed by atoms with E-state index >= 15 is 0 Å². The Hall–Kier alpha value is -3.76. The van der Waals surface area contributed by atoms with Gasteiger partial charge in [-0.2, -0.15) is 0 Å². The summed E-state index contributed by atoms with van der Waals surface area (Å²) in [6.07, 6.45) is 1.01. The maximum absolute atomic E-state index is 6.95. The number of hydrogen-bond donors (Lipinski definition) is 0. The van der Waals surface area contributed by atoms with Crippen LogP contribution in [-0.4, -0.2) is 21.3 Å². The smallest absolute Gasteiger partial charge is 0.144 e. The lowest BCUT2D eigenvalue weighted by Gasteiger charge is -2.36. The highest BCUT2D eigenvalue weighted by atomic mass is 16.5. The van der Waals surface area contributed by atoms with E-state index in [9.17, 15) is 0 Å². The molecule has 0 aliphatic heterocycles. The second kappa shape index (κ2) is 11.1. The van der Waals surface area contributed by atoms with Gasteiger partial charge in [-0.15, -0.1) is 0 Å². The molecule has 0 aromatic heterocycles. The Morgan fingerprint density at radius 2 is 0.829 bits per heavy atom. The third kappa shape index (κ3) is 5.18. The summed E-state index contributed by atoms with van der Waals surface area (Å²) in [6, 6.07) is 32.8. The van der Waals surface area contributed by atoms with Crippen LogP contribution in [0.1, 0.15) is 34.7 Å². The van der Waals surface area contributed by atoms with E-state index in [0.29, 0.717) is 6.61 Å². The second-order valence-electron chi connectivity index (χ2n) is 8.33. The van der Waals surface area contributed by atoms with E-state index in [1.807, 2.05) is 36.4 Å². The van der Waals surface area contributed by atoms with Crippen molar-refractivity contribution in [2.75, 3.05) is 21.3 Å². The van der Waals surface area contributed by atoms with Crippen LogP contribution in [0.2, 0.25) is 0 Å². The van der Waals surface area contributed by atoms with Crippen LogP contribution in [0.25, 0.3) is 0 Å². The fraction of sp³-hybridized carbons (Fsp3) is 0.226. The van der Waals surface area contributed by atoms with Crippen LogP contribution in [0.3, 0.4) is 0 Å². The Morgan fingerprint density at radius 1 is 0.486 bits per heavy atom. The molecule has 0 unspecified atom stereocenters. The van der Waals surface area contributed by atoms with Gasteiger partial charge in [-0.3, -0.25) is 0 Å². The van der Waals surface area contributed by atoms with Gasteiger partial charge in [-0.25, -0.2) is 0 Å². The highest BCUT2D eigenvalue weighted by Gasteiger charge is 2.38. The quantitative estimate of drug-likeness (QED) is 0.240. The summed E-state index contributed by atoms with van der Waals surface area (Å²) in [5.74, 6) is 2.38. The molecular formula is C31H32O4. The average molecular weight is 469 g/mol. The second-order valence-corrected chi connectivity index (χ2v) is 8.33. The predicted octanol–water partition coefficient (Wildman–Crippen LogP) is 6.78. The number of hydrogen-bond acceptors (Lipinski definition) is 4. The molecule has 0 fully saturated rings. The van der Waals surface area contributed by atoms with Crippen LogP contribution in [0.4, 0.5) is 0 Å². The Kier molecular flexibility index (Phi) is 7.74. The van der Waals surface area contributed by atoms with E-state index < -0.39 is 5.60 Å². The molecule has 0 heterocycles. The number of aryl methyl sites for hydroxylation is 1. The van der Waals surface area contributed by atoms with Crippen LogP contribution < -0.4 is 14.2 Å². The van der Waals surface area contributed by atoms with E-state index in [2.05, 4.69) is 67.6 Å². The van der Waals surface area contributed by atoms with Gasteiger partial charge in [0.1, 0.15) is 22.8 Å². The molecule has 180 valence electrons. The molecule has 0 aliphatic rings. The third-order valence-electron chi connectivity index (χ3n) is 6.38. The van der Waals surface area contributed by atoms with Crippen LogP contribution >= 0.6 is 0 Å². The van der Waals surface area contributed by atoms with Crippen molar-refractivity contribution < 1.29 is 18.9 Å². The van der Waals surface area contributed by atoms with Gasteiger partial charge in [0.2, 0.25) is 0 Å². The zero-order chi connectivity index (χ0) is 24.7. The summed E-state index contributed by atoms with van der Waals surface area (Å²) in [4.78, 5) is 0. The molecule has 4 heteroatoms. The topological polar surface area (TPSA) is 36.9 Å². The minimum Gasteiger partial charge on any atom is -0.497 e. The number of methoxy groups -OCH3 is 3. The van der Waals surface area contributed by atoms with E-state index in [1.54, 1.807) is 21.3 Å². The molecule has 35 heavy (non-hydrogen) atoms. The van der Waals surface area contributed by atoms with Crippen molar-refractivity contribution in [1.82, 2.24) is 0 Å². The van der Waals surface area contributed by atoms with Crippen molar-refractivity contribution in [3.8, 4) is 17.2 Å². The Bertz CT molecular complexity index is 1080. The lowest BCUT2D eigenvalue weighted by Crippen LogP contribution is -2.32. The third-order valence-corrected chi connectivity index (χ3v) is 6.38. The Morgan fingerprint density at radius 3 is 1.14 bits per heavy atom.